The molecule has 110 valence electrons. The average molecular weight is 304 g/mol. The molecule has 0 radical (unpaired) electrons. The van der Waals surface area contributed by atoms with Crippen molar-refractivity contribution in [1.82, 2.24) is 0 Å². The van der Waals surface area contributed by atoms with E-state index in [1.54, 1.807) is 7.11 Å². The molecule has 8 heteroatoms. The molecular formula is C12H14ClNO6. The quantitative estimate of drug-likeness (QED) is 0.316. The van der Waals surface area contributed by atoms with Gasteiger partial charge in [0.25, 0.3) is 5.69 Å². The molecule has 20 heavy (non-hydrogen) atoms. The number of carbonyl (C=O) groups excluding carboxylic acids is 1. The molecule has 0 saturated carbocycles. The standard InChI is InChI=1S/C12H14ClNO6/c1-18-4-5-19-6-7-20-12(15)10-8-9(14(16)17)2-3-11(10)13/h2-3,8H,4-7H2,1H3. The van der Waals surface area contributed by atoms with E-state index in [4.69, 9.17) is 25.8 Å². The Balaban J connectivity index is 2.50. The molecule has 0 aliphatic heterocycles. The Labute approximate surface area is 120 Å². The van der Waals surface area contributed by atoms with Gasteiger partial charge in [0.2, 0.25) is 0 Å². The molecule has 0 fully saturated rings. The average Bonchev–Trinajstić information content (AvgIpc) is 2.42. The van der Waals surface area contributed by atoms with Crippen molar-refractivity contribution in [2.24, 2.45) is 0 Å². The van der Waals surface area contributed by atoms with Gasteiger partial charge in [-0.15, -0.1) is 0 Å². The van der Waals surface area contributed by atoms with E-state index in [0.717, 1.165) is 6.07 Å². The van der Waals surface area contributed by atoms with E-state index in [9.17, 15) is 14.9 Å². The van der Waals surface area contributed by atoms with Crippen LogP contribution in [0.3, 0.4) is 0 Å². The van der Waals surface area contributed by atoms with E-state index < -0.39 is 10.9 Å². The molecule has 0 unspecified atom stereocenters. The first-order valence-corrected chi connectivity index (χ1v) is 6.11. The second kappa shape index (κ2) is 8.47. The SMILES string of the molecule is COCCOCCOC(=O)c1cc([N+](=O)[O-])ccc1Cl. The second-order valence-corrected chi connectivity index (χ2v) is 4.07. The van der Waals surface area contributed by atoms with Crippen LogP contribution in [0.4, 0.5) is 5.69 Å². The lowest BCUT2D eigenvalue weighted by molar-refractivity contribution is -0.384. The molecule has 1 aromatic carbocycles. The number of halogens is 1. The number of hydrogen-bond donors (Lipinski definition) is 0. The maximum atomic E-state index is 11.7. The fourth-order valence-electron chi connectivity index (χ4n) is 1.30. The van der Waals surface area contributed by atoms with Gasteiger partial charge < -0.3 is 14.2 Å². The summed E-state index contributed by atoms with van der Waals surface area (Å²) >= 11 is 5.81. The number of rotatable bonds is 8. The molecule has 0 spiro atoms. The molecule has 0 aromatic heterocycles. The number of ether oxygens (including phenoxy) is 3. The molecule has 0 atom stereocenters. The summed E-state index contributed by atoms with van der Waals surface area (Å²) in [5, 5.41) is 10.7. The van der Waals surface area contributed by atoms with Crippen molar-refractivity contribution in [3.63, 3.8) is 0 Å². The van der Waals surface area contributed by atoms with Crippen LogP contribution in [-0.4, -0.2) is 44.4 Å². The van der Waals surface area contributed by atoms with Crippen molar-refractivity contribution in [3.8, 4) is 0 Å². The summed E-state index contributed by atoms with van der Waals surface area (Å²) in [7, 11) is 1.55. The largest absolute Gasteiger partial charge is 0.460 e. The zero-order valence-corrected chi connectivity index (χ0v) is 11.6. The van der Waals surface area contributed by atoms with Gasteiger partial charge in [0, 0.05) is 19.2 Å². The lowest BCUT2D eigenvalue weighted by Gasteiger charge is -2.07. The number of nitrogens with zero attached hydrogens (tertiary/aromatic N) is 1. The highest BCUT2D eigenvalue weighted by molar-refractivity contribution is 6.33. The van der Waals surface area contributed by atoms with Gasteiger partial charge in [0.1, 0.15) is 6.61 Å². The van der Waals surface area contributed by atoms with Crippen LogP contribution in [0.2, 0.25) is 5.02 Å². The molecule has 7 nitrogen and oxygen atoms in total. The van der Waals surface area contributed by atoms with Crippen LogP contribution in [0.5, 0.6) is 0 Å². The van der Waals surface area contributed by atoms with Gasteiger partial charge in [0.05, 0.1) is 35.3 Å². The van der Waals surface area contributed by atoms with Crippen LogP contribution in [0.1, 0.15) is 10.4 Å². The normalized spacial score (nSPS) is 10.3. The number of nitro groups is 1. The highest BCUT2D eigenvalue weighted by Gasteiger charge is 2.16. The van der Waals surface area contributed by atoms with Gasteiger partial charge in [-0.25, -0.2) is 4.79 Å². The third-order valence-corrected chi connectivity index (χ3v) is 2.60. The summed E-state index contributed by atoms with van der Waals surface area (Å²) in [4.78, 5) is 21.7. The first-order chi connectivity index (χ1) is 9.56. The van der Waals surface area contributed by atoms with Crippen molar-refractivity contribution in [2.75, 3.05) is 33.5 Å². The van der Waals surface area contributed by atoms with Gasteiger partial charge in [-0.3, -0.25) is 10.1 Å². The van der Waals surface area contributed by atoms with Gasteiger partial charge >= 0.3 is 5.97 Å². The Hall–Kier alpha value is -1.70. The third kappa shape index (κ3) is 5.12. The number of methoxy groups -OCH3 is 1. The third-order valence-electron chi connectivity index (χ3n) is 2.27. The first-order valence-electron chi connectivity index (χ1n) is 5.74. The minimum Gasteiger partial charge on any atom is -0.460 e. The highest BCUT2D eigenvalue weighted by Crippen LogP contribution is 2.22. The summed E-state index contributed by atoms with van der Waals surface area (Å²) < 4.78 is 14.8. The monoisotopic (exact) mass is 303 g/mol. The number of non-ortho nitro benzene ring substituents is 1. The van der Waals surface area contributed by atoms with Crippen molar-refractivity contribution in [3.05, 3.63) is 38.9 Å². The van der Waals surface area contributed by atoms with Gasteiger partial charge in [0.15, 0.2) is 0 Å². The van der Waals surface area contributed by atoms with Crippen LogP contribution in [0, 0.1) is 10.1 Å². The molecule has 0 aliphatic rings. The number of carbonyl (C=O) groups is 1. The van der Waals surface area contributed by atoms with E-state index in [0.29, 0.717) is 13.2 Å². The van der Waals surface area contributed by atoms with Crippen molar-refractivity contribution in [2.45, 2.75) is 0 Å². The molecule has 0 heterocycles. The van der Waals surface area contributed by atoms with Crippen LogP contribution < -0.4 is 0 Å². The van der Waals surface area contributed by atoms with E-state index in [1.807, 2.05) is 0 Å². The van der Waals surface area contributed by atoms with Crippen LogP contribution >= 0.6 is 11.6 Å². The molecule has 0 N–H and O–H groups in total. The predicted octanol–water partition coefficient (Wildman–Crippen LogP) is 2.07. The Kier molecular flexibility index (Phi) is 6.92. The maximum Gasteiger partial charge on any atom is 0.339 e. The molecular weight excluding hydrogens is 290 g/mol. The highest BCUT2D eigenvalue weighted by atomic mass is 35.5. The molecule has 0 aliphatic carbocycles. The maximum absolute atomic E-state index is 11.7. The molecule has 0 bridgehead atoms. The van der Waals surface area contributed by atoms with Gasteiger partial charge in [-0.1, -0.05) is 11.6 Å². The zero-order valence-electron chi connectivity index (χ0n) is 10.8. The van der Waals surface area contributed by atoms with Gasteiger partial charge in [-0.2, -0.15) is 0 Å². The first kappa shape index (κ1) is 16.4. The Morgan fingerprint density at radius 3 is 2.65 bits per heavy atom. The molecule has 0 amide bonds. The molecule has 1 rings (SSSR count). The Morgan fingerprint density at radius 1 is 1.30 bits per heavy atom. The van der Waals surface area contributed by atoms with E-state index >= 15 is 0 Å². The number of benzene rings is 1. The van der Waals surface area contributed by atoms with Crippen LogP contribution in [0.25, 0.3) is 0 Å². The van der Waals surface area contributed by atoms with E-state index in [2.05, 4.69) is 0 Å². The fourth-order valence-corrected chi connectivity index (χ4v) is 1.49. The van der Waals surface area contributed by atoms with E-state index in [1.165, 1.54) is 12.1 Å². The van der Waals surface area contributed by atoms with Crippen molar-refractivity contribution >= 4 is 23.3 Å². The number of nitro benzene ring substituents is 1. The summed E-state index contributed by atoms with van der Waals surface area (Å²) in [5.74, 6) is -0.728. The van der Waals surface area contributed by atoms with Crippen molar-refractivity contribution in [1.29, 1.82) is 0 Å². The second-order valence-electron chi connectivity index (χ2n) is 3.66. The van der Waals surface area contributed by atoms with Gasteiger partial charge in [-0.05, 0) is 6.07 Å². The minimum absolute atomic E-state index is 0.0293. The molecule has 0 saturated heterocycles. The summed E-state index contributed by atoms with van der Waals surface area (Å²) in [6.45, 7) is 1.08. The topological polar surface area (TPSA) is 87.9 Å². The smallest absolute Gasteiger partial charge is 0.339 e. The number of esters is 1. The minimum atomic E-state index is -0.728. The summed E-state index contributed by atoms with van der Waals surface area (Å²) in [6.07, 6.45) is 0. The van der Waals surface area contributed by atoms with E-state index in [-0.39, 0.29) is 29.5 Å². The Morgan fingerprint density at radius 2 is 2.00 bits per heavy atom. The van der Waals surface area contributed by atoms with Crippen LogP contribution in [0.15, 0.2) is 18.2 Å². The predicted molar refractivity (Wildman–Crippen MR) is 71.1 cm³/mol. The Bertz CT molecular complexity index is 479. The van der Waals surface area contributed by atoms with Crippen molar-refractivity contribution < 1.29 is 23.9 Å². The lowest BCUT2D eigenvalue weighted by atomic mass is 10.2. The number of hydrogen-bond acceptors (Lipinski definition) is 6. The summed E-state index contributed by atoms with van der Waals surface area (Å²) in [6, 6.07) is 3.58. The lowest BCUT2D eigenvalue weighted by Crippen LogP contribution is -2.13. The fraction of sp³-hybridized carbons (Fsp3) is 0.417. The zero-order chi connectivity index (χ0) is 15.0. The molecule has 1 aromatic rings. The summed E-state index contributed by atoms with van der Waals surface area (Å²) in [5.41, 5.74) is -0.268. The van der Waals surface area contributed by atoms with Crippen LogP contribution in [-0.2, 0) is 14.2 Å².